The number of rotatable bonds is 20. The lowest BCUT2D eigenvalue weighted by atomic mass is 9.77. The van der Waals surface area contributed by atoms with Crippen LogP contribution in [0.2, 0.25) is 0 Å². The number of ether oxygens (including phenoxy) is 3. The maximum Gasteiger partial charge on any atom is 0.295 e. The first kappa shape index (κ1) is 46.0. The van der Waals surface area contributed by atoms with Crippen LogP contribution in [0.5, 0.6) is 5.75 Å². The molecule has 1 saturated heterocycles. The SMILES string of the molecule is C=CCC(C)(CC)C(CC#N)OP(OC1CC(n2cnc3c(NC(=O)c4ccccc4)ncnc32)OC1COC(c1ccccc1)(c1ccc(C)cc1)c1ccc(OC)cc1)n1ccnc1. The first-order chi connectivity index (χ1) is 32.2. The maximum absolute atomic E-state index is 13.2. The fourth-order valence-corrected chi connectivity index (χ4v) is 9.91. The number of carbonyl (C=O) groups is 1. The molecule has 1 fully saturated rings. The third kappa shape index (κ3) is 9.68. The normalized spacial score (nSPS) is 18.7. The Morgan fingerprint density at radius 3 is 2.33 bits per heavy atom. The van der Waals surface area contributed by atoms with E-state index in [1.165, 1.54) is 6.33 Å². The lowest BCUT2D eigenvalue weighted by Crippen LogP contribution is -2.38. The summed E-state index contributed by atoms with van der Waals surface area (Å²) < 4.78 is 37.8. The van der Waals surface area contributed by atoms with Crippen molar-refractivity contribution in [2.75, 3.05) is 19.0 Å². The largest absolute Gasteiger partial charge is 0.497 e. The Balaban J connectivity index is 1.19. The number of nitrogens with zero attached hydrogens (tertiary/aromatic N) is 7. The Kier molecular flexibility index (Phi) is 14.4. The van der Waals surface area contributed by atoms with Gasteiger partial charge in [-0.2, -0.15) is 5.26 Å². The number of aromatic nitrogens is 6. The molecule has 4 heterocycles. The highest BCUT2D eigenvalue weighted by Crippen LogP contribution is 2.51. The number of hydrogen-bond donors (Lipinski definition) is 1. The molecule has 7 unspecified atom stereocenters. The van der Waals surface area contributed by atoms with Crippen LogP contribution in [-0.4, -0.2) is 66.8 Å². The molecule has 4 aromatic carbocycles. The molecule has 3 aromatic heterocycles. The van der Waals surface area contributed by atoms with Gasteiger partial charge >= 0.3 is 0 Å². The first-order valence-electron chi connectivity index (χ1n) is 21.9. The number of allylic oxidation sites excluding steroid dienone is 1. The molecule has 338 valence electrons. The number of fused-ring (bicyclic) bond motifs is 1. The lowest BCUT2D eigenvalue weighted by molar-refractivity contribution is -0.0911. The van der Waals surface area contributed by atoms with Gasteiger partial charge in [-0.25, -0.2) is 19.9 Å². The second-order valence-corrected chi connectivity index (χ2v) is 17.8. The van der Waals surface area contributed by atoms with E-state index in [-0.39, 0.29) is 24.8 Å². The highest BCUT2D eigenvalue weighted by molar-refractivity contribution is 7.45. The van der Waals surface area contributed by atoms with Gasteiger partial charge in [0.2, 0.25) is 0 Å². The Morgan fingerprint density at radius 2 is 1.68 bits per heavy atom. The van der Waals surface area contributed by atoms with E-state index in [2.05, 4.69) is 95.1 Å². The van der Waals surface area contributed by atoms with Crippen molar-refractivity contribution >= 4 is 31.4 Å². The molecule has 0 saturated carbocycles. The van der Waals surface area contributed by atoms with Crippen molar-refractivity contribution < 1.29 is 28.1 Å². The summed E-state index contributed by atoms with van der Waals surface area (Å²) in [4.78, 5) is 31.3. The summed E-state index contributed by atoms with van der Waals surface area (Å²) in [6, 6.07) is 37.7. The number of imidazole rings is 2. The summed E-state index contributed by atoms with van der Waals surface area (Å²) in [6.07, 6.45) is 9.46. The molecule has 0 spiro atoms. The van der Waals surface area contributed by atoms with Crippen LogP contribution in [0, 0.1) is 23.7 Å². The molecule has 8 rings (SSSR count). The van der Waals surface area contributed by atoms with Gasteiger partial charge in [0.05, 0.1) is 44.7 Å². The zero-order valence-corrected chi connectivity index (χ0v) is 38.3. The van der Waals surface area contributed by atoms with Crippen molar-refractivity contribution in [3.63, 3.8) is 0 Å². The summed E-state index contributed by atoms with van der Waals surface area (Å²) >= 11 is 0. The number of benzene rings is 4. The fourth-order valence-electron chi connectivity index (χ4n) is 8.33. The van der Waals surface area contributed by atoms with Crippen LogP contribution in [0.25, 0.3) is 11.2 Å². The molecular formula is C51H53N8O6P. The van der Waals surface area contributed by atoms with Gasteiger partial charge in [-0.15, -0.1) is 6.58 Å². The van der Waals surface area contributed by atoms with E-state index in [0.717, 1.165) is 28.7 Å². The average molecular weight is 905 g/mol. The molecule has 0 radical (unpaired) electrons. The molecule has 1 amide bonds. The van der Waals surface area contributed by atoms with E-state index in [1.807, 2.05) is 63.5 Å². The molecule has 0 aliphatic carbocycles. The molecule has 7 aromatic rings. The Hall–Kier alpha value is -6.59. The van der Waals surface area contributed by atoms with Crippen molar-refractivity contribution in [2.45, 2.75) is 76.6 Å². The number of aryl methyl sites for hydroxylation is 1. The molecule has 66 heavy (non-hydrogen) atoms. The van der Waals surface area contributed by atoms with E-state index in [9.17, 15) is 10.1 Å². The zero-order valence-electron chi connectivity index (χ0n) is 37.4. The molecule has 14 nitrogen and oxygen atoms in total. The van der Waals surface area contributed by atoms with Gasteiger partial charge in [0.15, 0.2) is 17.0 Å². The van der Waals surface area contributed by atoms with Gasteiger partial charge < -0.3 is 28.6 Å². The molecule has 1 aliphatic heterocycles. The number of methoxy groups -OCH3 is 1. The minimum atomic E-state index is -1.89. The number of amides is 1. The van der Waals surface area contributed by atoms with Gasteiger partial charge in [-0.1, -0.05) is 110 Å². The van der Waals surface area contributed by atoms with E-state index >= 15 is 0 Å². The predicted octanol–water partition coefficient (Wildman–Crippen LogP) is 10.3. The summed E-state index contributed by atoms with van der Waals surface area (Å²) in [5.74, 6) is 0.659. The fraction of sp³-hybridized carbons (Fsp3) is 0.294. The summed E-state index contributed by atoms with van der Waals surface area (Å²) in [6.45, 7) is 10.3. The third-order valence-corrected chi connectivity index (χ3v) is 13.8. The summed E-state index contributed by atoms with van der Waals surface area (Å²) in [5.41, 5.74) is 3.66. The second kappa shape index (κ2) is 20.7. The van der Waals surface area contributed by atoms with Crippen LogP contribution in [0.4, 0.5) is 5.82 Å². The Morgan fingerprint density at radius 1 is 0.985 bits per heavy atom. The minimum absolute atomic E-state index is 0.0633. The van der Waals surface area contributed by atoms with Crippen molar-refractivity contribution in [1.82, 2.24) is 28.8 Å². The van der Waals surface area contributed by atoms with Crippen LogP contribution in [0.3, 0.4) is 0 Å². The van der Waals surface area contributed by atoms with Gasteiger partial charge in [-0.05, 0) is 66.1 Å². The van der Waals surface area contributed by atoms with Crippen molar-refractivity contribution in [1.29, 1.82) is 5.26 Å². The van der Waals surface area contributed by atoms with E-state index in [0.29, 0.717) is 35.3 Å². The van der Waals surface area contributed by atoms with Gasteiger partial charge in [0, 0.05) is 24.4 Å². The van der Waals surface area contributed by atoms with E-state index in [1.54, 1.807) is 56.4 Å². The number of carbonyl (C=O) groups excluding carboxylic acids is 1. The van der Waals surface area contributed by atoms with Crippen LogP contribution >= 0.6 is 8.53 Å². The first-order valence-corrected chi connectivity index (χ1v) is 23.0. The molecule has 0 bridgehead atoms. The molecule has 7 atom stereocenters. The number of nitriles is 1. The van der Waals surface area contributed by atoms with Crippen molar-refractivity contribution in [3.05, 3.63) is 181 Å². The highest BCUT2D eigenvalue weighted by atomic mass is 31.2. The lowest BCUT2D eigenvalue weighted by Gasteiger charge is -2.38. The second-order valence-electron chi connectivity index (χ2n) is 16.5. The Bertz CT molecular complexity index is 2730. The van der Waals surface area contributed by atoms with Gasteiger partial charge in [0.25, 0.3) is 14.4 Å². The summed E-state index contributed by atoms with van der Waals surface area (Å²) in [7, 11) is -0.248. The number of hydrogen-bond acceptors (Lipinski definition) is 11. The molecular weight excluding hydrogens is 852 g/mol. The standard InChI is InChI=1S/C51H53N8O6P/c1-6-27-50(4,7-2)44(26-28-52)65-66(58-30-29-53-34-58)64-42-31-45(59-35-56-46-47(54-33-55-48(46)59)57-49(60)37-14-10-8-11-15-37)63-43(42)32-62-51(38-16-12-9-13-17-38,39-20-18-36(3)19-21-39)40-22-24-41(61-5)25-23-40/h6,8-25,29-30,33-35,42-45H,1,7,26-27,31-32H2,2-5H3,(H,54,55,57,60). The number of nitrogens with one attached hydrogen (secondary N) is 1. The quantitative estimate of drug-likeness (QED) is 0.0440. The third-order valence-electron chi connectivity index (χ3n) is 12.3. The van der Waals surface area contributed by atoms with Crippen molar-refractivity contribution in [2.24, 2.45) is 5.41 Å². The zero-order chi connectivity index (χ0) is 46.1. The number of anilines is 1. The average Bonchev–Trinajstić information content (AvgIpc) is 4.14. The van der Waals surface area contributed by atoms with Gasteiger partial charge in [0.1, 0.15) is 36.3 Å². The predicted molar refractivity (Wildman–Crippen MR) is 252 cm³/mol. The maximum atomic E-state index is 13.2. The Labute approximate surface area is 386 Å². The highest BCUT2D eigenvalue weighted by Gasteiger charge is 2.45. The van der Waals surface area contributed by atoms with Crippen LogP contribution in [0.15, 0.2) is 153 Å². The van der Waals surface area contributed by atoms with Crippen LogP contribution in [-0.2, 0) is 24.1 Å². The minimum Gasteiger partial charge on any atom is -0.497 e. The molecule has 15 heteroatoms. The van der Waals surface area contributed by atoms with Crippen molar-refractivity contribution in [3.8, 4) is 11.8 Å². The topological polar surface area (TPSA) is 160 Å². The summed E-state index contributed by atoms with van der Waals surface area (Å²) in [5, 5.41) is 13.0. The smallest absolute Gasteiger partial charge is 0.295 e. The molecule has 1 N–H and O–H groups in total. The van der Waals surface area contributed by atoms with Crippen LogP contribution < -0.4 is 10.1 Å². The molecule has 1 aliphatic rings. The van der Waals surface area contributed by atoms with E-state index < -0.39 is 44.1 Å². The van der Waals surface area contributed by atoms with Crippen LogP contribution in [0.1, 0.15) is 78.4 Å². The van der Waals surface area contributed by atoms with E-state index in [4.69, 9.17) is 23.3 Å². The van der Waals surface area contributed by atoms with Gasteiger partial charge in [-0.3, -0.25) is 13.7 Å². The monoisotopic (exact) mass is 904 g/mol.